The first-order valence-electron chi connectivity index (χ1n) is 7.19. The van der Waals surface area contributed by atoms with E-state index < -0.39 is 0 Å². The molecule has 1 aromatic carbocycles. The van der Waals surface area contributed by atoms with E-state index in [-0.39, 0.29) is 6.61 Å². The monoisotopic (exact) mass is 393 g/mol. The highest BCUT2D eigenvalue weighted by molar-refractivity contribution is 7.98. The van der Waals surface area contributed by atoms with Gasteiger partial charge in [-0.05, 0) is 36.1 Å². The molecule has 0 radical (unpaired) electrons. The summed E-state index contributed by atoms with van der Waals surface area (Å²) in [5, 5.41) is 11.2. The van der Waals surface area contributed by atoms with E-state index in [1.54, 1.807) is 42.7 Å². The standard InChI is InChI=1S/C17H13Cl2N3O2S/c1-25-17-20-7-14(8-21-17)24-16-3-10(9-23)2-15(22-16)11-4-12(18)6-13(19)5-11/h2-8,23H,9H2,1H3. The van der Waals surface area contributed by atoms with Gasteiger partial charge in [0.2, 0.25) is 5.88 Å². The number of pyridine rings is 1. The molecule has 25 heavy (non-hydrogen) atoms. The van der Waals surface area contributed by atoms with E-state index in [2.05, 4.69) is 15.0 Å². The molecule has 0 aliphatic carbocycles. The summed E-state index contributed by atoms with van der Waals surface area (Å²) >= 11 is 13.6. The van der Waals surface area contributed by atoms with Gasteiger partial charge in [-0.2, -0.15) is 0 Å². The minimum atomic E-state index is -0.151. The second kappa shape index (κ2) is 8.01. The quantitative estimate of drug-likeness (QED) is 0.493. The lowest BCUT2D eigenvalue weighted by Gasteiger charge is -2.10. The predicted molar refractivity (Wildman–Crippen MR) is 99.5 cm³/mol. The number of nitrogens with zero attached hydrogens (tertiary/aromatic N) is 3. The number of hydrogen-bond donors (Lipinski definition) is 1. The number of aliphatic hydroxyl groups excluding tert-OH is 1. The van der Waals surface area contributed by atoms with Gasteiger partial charge in [0.25, 0.3) is 0 Å². The van der Waals surface area contributed by atoms with Crippen LogP contribution in [0.25, 0.3) is 11.3 Å². The number of aromatic nitrogens is 3. The van der Waals surface area contributed by atoms with E-state index in [9.17, 15) is 5.11 Å². The van der Waals surface area contributed by atoms with Gasteiger partial charge >= 0.3 is 0 Å². The molecular formula is C17H13Cl2N3O2S. The average Bonchev–Trinajstić information content (AvgIpc) is 2.61. The van der Waals surface area contributed by atoms with Crippen molar-refractivity contribution >= 4 is 35.0 Å². The Labute approximate surface area is 159 Å². The Balaban J connectivity index is 1.96. The average molecular weight is 394 g/mol. The van der Waals surface area contributed by atoms with Crippen LogP contribution in [0.2, 0.25) is 10.0 Å². The van der Waals surface area contributed by atoms with E-state index in [0.29, 0.717) is 38.1 Å². The van der Waals surface area contributed by atoms with Gasteiger partial charge in [-0.15, -0.1) is 0 Å². The summed E-state index contributed by atoms with van der Waals surface area (Å²) in [6.45, 7) is -0.151. The van der Waals surface area contributed by atoms with E-state index in [1.165, 1.54) is 11.8 Å². The molecule has 5 nitrogen and oxygen atoms in total. The first-order chi connectivity index (χ1) is 12.1. The Morgan fingerprint density at radius 2 is 1.72 bits per heavy atom. The van der Waals surface area contributed by atoms with Crippen molar-refractivity contribution in [3.63, 3.8) is 0 Å². The smallest absolute Gasteiger partial charge is 0.220 e. The Morgan fingerprint density at radius 1 is 1.04 bits per heavy atom. The topological polar surface area (TPSA) is 68.1 Å². The third-order valence-corrected chi connectivity index (χ3v) is 4.22. The summed E-state index contributed by atoms with van der Waals surface area (Å²) in [6.07, 6.45) is 5.04. The van der Waals surface area contributed by atoms with Crippen LogP contribution in [0.15, 0.2) is 47.9 Å². The molecule has 8 heteroatoms. The summed E-state index contributed by atoms with van der Waals surface area (Å²) in [6, 6.07) is 8.54. The Bertz CT molecular complexity index is 871. The normalized spacial score (nSPS) is 10.7. The van der Waals surface area contributed by atoms with Crippen molar-refractivity contribution in [2.75, 3.05) is 6.26 Å². The molecule has 0 bridgehead atoms. The highest BCUT2D eigenvalue weighted by Crippen LogP contribution is 2.29. The number of rotatable bonds is 5. The first-order valence-corrected chi connectivity index (χ1v) is 9.17. The van der Waals surface area contributed by atoms with Gasteiger partial charge in [0.1, 0.15) is 0 Å². The molecule has 0 aliphatic heterocycles. The minimum Gasteiger partial charge on any atom is -0.436 e. The molecule has 0 aliphatic rings. The van der Waals surface area contributed by atoms with Crippen LogP contribution in [0.4, 0.5) is 0 Å². The number of thioether (sulfide) groups is 1. The van der Waals surface area contributed by atoms with Gasteiger partial charge in [-0.25, -0.2) is 15.0 Å². The van der Waals surface area contributed by atoms with Crippen molar-refractivity contribution in [2.24, 2.45) is 0 Å². The molecule has 2 aromatic heterocycles. The fraction of sp³-hybridized carbons (Fsp3) is 0.118. The van der Waals surface area contributed by atoms with Gasteiger partial charge < -0.3 is 9.84 Å². The summed E-state index contributed by atoms with van der Waals surface area (Å²) in [7, 11) is 0. The fourth-order valence-corrected chi connectivity index (χ4v) is 2.98. The van der Waals surface area contributed by atoms with Crippen LogP contribution < -0.4 is 4.74 Å². The molecule has 0 saturated heterocycles. The molecule has 0 atom stereocenters. The van der Waals surface area contributed by atoms with Crippen LogP contribution in [0.3, 0.4) is 0 Å². The maximum atomic E-state index is 9.51. The largest absolute Gasteiger partial charge is 0.436 e. The van der Waals surface area contributed by atoms with Gasteiger partial charge in [0.05, 0.1) is 24.7 Å². The Morgan fingerprint density at radius 3 is 2.32 bits per heavy atom. The lowest BCUT2D eigenvalue weighted by atomic mass is 10.1. The zero-order valence-electron chi connectivity index (χ0n) is 13.1. The summed E-state index contributed by atoms with van der Waals surface area (Å²) in [5.41, 5.74) is 1.97. The van der Waals surface area contributed by atoms with Crippen LogP contribution >= 0.6 is 35.0 Å². The van der Waals surface area contributed by atoms with Crippen LogP contribution in [0, 0.1) is 0 Å². The molecule has 0 fully saturated rings. The van der Waals surface area contributed by atoms with Gasteiger partial charge in [0, 0.05) is 21.7 Å². The zero-order chi connectivity index (χ0) is 17.8. The molecule has 0 amide bonds. The molecule has 3 rings (SSSR count). The molecule has 0 spiro atoms. The van der Waals surface area contributed by atoms with Crippen LogP contribution in [-0.2, 0) is 6.61 Å². The number of hydrogen-bond acceptors (Lipinski definition) is 6. The zero-order valence-corrected chi connectivity index (χ0v) is 15.4. The van der Waals surface area contributed by atoms with Crippen LogP contribution in [0.5, 0.6) is 11.6 Å². The van der Waals surface area contributed by atoms with Gasteiger partial charge in [0.15, 0.2) is 10.9 Å². The van der Waals surface area contributed by atoms with E-state index in [1.807, 2.05) is 6.26 Å². The third-order valence-electron chi connectivity index (χ3n) is 3.21. The third kappa shape index (κ3) is 4.61. The van der Waals surface area contributed by atoms with E-state index in [0.717, 1.165) is 5.56 Å². The minimum absolute atomic E-state index is 0.151. The van der Waals surface area contributed by atoms with Crippen molar-refractivity contribution in [3.05, 3.63) is 58.3 Å². The number of benzene rings is 1. The van der Waals surface area contributed by atoms with Crippen molar-refractivity contribution in [1.82, 2.24) is 15.0 Å². The van der Waals surface area contributed by atoms with Crippen molar-refractivity contribution < 1.29 is 9.84 Å². The molecule has 3 aromatic rings. The van der Waals surface area contributed by atoms with Crippen molar-refractivity contribution in [1.29, 1.82) is 0 Å². The highest BCUT2D eigenvalue weighted by atomic mass is 35.5. The van der Waals surface area contributed by atoms with Crippen molar-refractivity contribution in [3.8, 4) is 22.9 Å². The highest BCUT2D eigenvalue weighted by Gasteiger charge is 2.09. The predicted octanol–water partition coefficient (Wildman–Crippen LogP) is 4.85. The molecule has 0 unspecified atom stereocenters. The number of aliphatic hydroxyl groups is 1. The van der Waals surface area contributed by atoms with Gasteiger partial charge in [-0.1, -0.05) is 35.0 Å². The first kappa shape index (κ1) is 17.9. The van der Waals surface area contributed by atoms with Crippen molar-refractivity contribution in [2.45, 2.75) is 11.8 Å². The van der Waals surface area contributed by atoms with Crippen LogP contribution in [0.1, 0.15) is 5.56 Å². The lowest BCUT2D eigenvalue weighted by Crippen LogP contribution is -1.96. The van der Waals surface area contributed by atoms with E-state index >= 15 is 0 Å². The Kier molecular flexibility index (Phi) is 5.75. The second-order valence-electron chi connectivity index (χ2n) is 5.02. The summed E-state index contributed by atoms with van der Waals surface area (Å²) < 4.78 is 5.72. The number of halogens is 2. The second-order valence-corrected chi connectivity index (χ2v) is 6.67. The van der Waals surface area contributed by atoms with Crippen LogP contribution in [-0.4, -0.2) is 26.3 Å². The Hall–Kier alpha value is -1.86. The maximum absolute atomic E-state index is 9.51. The molecule has 0 saturated carbocycles. The molecule has 1 N–H and O–H groups in total. The molecule has 128 valence electrons. The SMILES string of the molecule is CSc1ncc(Oc2cc(CO)cc(-c3cc(Cl)cc(Cl)c3)n2)cn1. The number of ether oxygens (including phenoxy) is 1. The summed E-state index contributed by atoms with van der Waals surface area (Å²) in [5.74, 6) is 0.772. The summed E-state index contributed by atoms with van der Waals surface area (Å²) in [4.78, 5) is 12.8. The van der Waals surface area contributed by atoms with Gasteiger partial charge in [-0.3, -0.25) is 0 Å². The lowest BCUT2D eigenvalue weighted by molar-refractivity contribution is 0.281. The molecular weight excluding hydrogens is 381 g/mol. The molecule has 2 heterocycles. The maximum Gasteiger partial charge on any atom is 0.220 e. The fourth-order valence-electron chi connectivity index (χ4n) is 2.14. The van der Waals surface area contributed by atoms with E-state index in [4.69, 9.17) is 27.9 Å².